The molecule has 0 saturated carbocycles. The van der Waals surface area contributed by atoms with Crippen LogP contribution in [0.4, 0.5) is 5.82 Å². The van der Waals surface area contributed by atoms with E-state index in [-0.39, 0.29) is 5.91 Å². The zero-order valence-corrected chi connectivity index (χ0v) is 15.3. The molecule has 4 rings (SSSR count). The molecule has 2 saturated heterocycles. The van der Waals surface area contributed by atoms with Gasteiger partial charge >= 0.3 is 0 Å². The topological polar surface area (TPSA) is 67.2 Å². The molecule has 4 heterocycles. The third kappa shape index (κ3) is 3.57. The van der Waals surface area contributed by atoms with Crippen LogP contribution in [0.3, 0.4) is 0 Å². The molecule has 0 spiro atoms. The fourth-order valence-corrected chi connectivity index (χ4v) is 3.87. The summed E-state index contributed by atoms with van der Waals surface area (Å²) in [5.41, 5.74) is 0.695. The minimum Gasteiger partial charge on any atom is -0.356 e. The van der Waals surface area contributed by atoms with Gasteiger partial charge in [0.2, 0.25) is 0 Å². The Bertz CT molecular complexity index is 713. The monoisotopic (exact) mass is 354 g/mol. The molecule has 0 N–H and O–H groups in total. The number of aromatic nitrogens is 4. The van der Waals surface area contributed by atoms with Crippen LogP contribution in [0.25, 0.3) is 0 Å². The second-order valence-electron chi connectivity index (χ2n) is 7.48. The Balaban J connectivity index is 1.35. The number of hydrogen-bond donors (Lipinski definition) is 0. The highest BCUT2D eigenvalue weighted by Gasteiger charge is 2.24. The van der Waals surface area contributed by atoms with Gasteiger partial charge in [0.15, 0.2) is 0 Å². The van der Waals surface area contributed by atoms with Crippen molar-refractivity contribution in [3.63, 3.8) is 0 Å². The Morgan fingerprint density at radius 2 is 1.85 bits per heavy atom. The van der Waals surface area contributed by atoms with Gasteiger partial charge in [-0.1, -0.05) is 12.1 Å². The van der Waals surface area contributed by atoms with Crippen molar-refractivity contribution in [1.82, 2.24) is 24.9 Å². The number of piperidine rings is 2. The van der Waals surface area contributed by atoms with E-state index >= 15 is 0 Å². The molecule has 7 nitrogen and oxygen atoms in total. The lowest BCUT2D eigenvalue weighted by Crippen LogP contribution is -2.38. The first-order chi connectivity index (χ1) is 12.7. The molecule has 0 unspecified atom stereocenters. The maximum atomic E-state index is 12.6. The first-order valence-corrected chi connectivity index (χ1v) is 9.57. The van der Waals surface area contributed by atoms with Gasteiger partial charge in [-0.3, -0.25) is 4.79 Å². The quantitative estimate of drug-likeness (QED) is 0.847. The van der Waals surface area contributed by atoms with Gasteiger partial charge in [0.1, 0.15) is 5.82 Å². The van der Waals surface area contributed by atoms with Gasteiger partial charge in [0, 0.05) is 38.6 Å². The van der Waals surface area contributed by atoms with E-state index in [2.05, 4.69) is 27.1 Å². The molecule has 2 aromatic heterocycles. The summed E-state index contributed by atoms with van der Waals surface area (Å²) in [5.74, 6) is 1.78. The molecule has 2 aromatic rings. The van der Waals surface area contributed by atoms with Gasteiger partial charge < -0.3 is 9.80 Å². The molecule has 26 heavy (non-hydrogen) atoms. The largest absolute Gasteiger partial charge is 0.356 e. The summed E-state index contributed by atoms with van der Waals surface area (Å²) in [6, 6.07) is 4.32. The van der Waals surface area contributed by atoms with E-state index in [0.717, 1.165) is 63.6 Å². The molecule has 0 aromatic carbocycles. The predicted octanol–water partition coefficient (Wildman–Crippen LogP) is 2.39. The number of hydrogen-bond acceptors (Lipinski definition) is 5. The molecular formula is C19H26N6O. The van der Waals surface area contributed by atoms with Crippen LogP contribution in [0, 0.1) is 5.92 Å². The molecule has 2 aliphatic heterocycles. The number of amides is 1. The maximum absolute atomic E-state index is 12.6. The number of carbonyl (C=O) groups excluding carboxylic acids is 1. The highest BCUT2D eigenvalue weighted by atomic mass is 16.2. The number of pyridine rings is 1. The van der Waals surface area contributed by atoms with Gasteiger partial charge in [0.05, 0.1) is 17.8 Å². The van der Waals surface area contributed by atoms with E-state index in [1.54, 1.807) is 12.4 Å². The van der Waals surface area contributed by atoms with Gasteiger partial charge in [0.25, 0.3) is 5.91 Å². The van der Waals surface area contributed by atoms with E-state index in [1.807, 2.05) is 27.9 Å². The summed E-state index contributed by atoms with van der Waals surface area (Å²) in [7, 11) is 0. The molecule has 2 fully saturated rings. The Kier molecular flexibility index (Phi) is 4.86. The van der Waals surface area contributed by atoms with Crippen molar-refractivity contribution in [2.45, 2.75) is 38.6 Å². The van der Waals surface area contributed by atoms with E-state index in [0.29, 0.717) is 11.6 Å². The lowest BCUT2D eigenvalue weighted by molar-refractivity contribution is 0.0697. The van der Waals surface area contributed by atoms with E-state index in [4.69, 9.17) is 0 Å². The van der Waals surface area contributed by atoms with Crippen LogP contribution in [-0.4, -0.2) is 57.0 Å². The third-order valence-corrected chi connectivity index (χ3v) is 5.67. The second-order valence-corrected chi connectivity index (χ2v) is 7.48. The first kappa shape index (κ1) is 17.0. The lowest BCUT2D eigenvalue weighted by atomic mass is 9.99. The zero-order valence-electron chi connectivity index (χ0n) is 15.3. The van der Waals surface area contributed by atoms with Crippen LogP contribution in [0.1, 0.15) is 49.0 Å². The minimum atomic E-state index is 0.112. The summed E-state index contributed by atoms with van der Waals surface area (Å²) < 4.78 is 1.95. The Labute approximate surface area is 154 Å². The molecule has 0 radical (unpaired) electrons. The standard InChI is InChI=1S/C19H26N6O/c1-15-4-9-24(10-5-15)19(26)16-2-3-18(20-14-16)23-11-6-17(7-12-23)25-13-8-21-22-25/h2-3,8,13-15,17H,4-7,9-12H2,1H3. The second kappa shape index (κ2) is 7.43. The van der Waals surface area contributed by atoms with E-state index in [9.17, 15) is 4.79 Å². The van der Waals surface area contributed by atoms with Crippen molar-refractivity contribution < 1.29 is 4.79 Å². The predicted molar refractivity (Wildman–Crippen MR) is 99.0 cm³/mol. The molecule has 0 aliphatic carbocycles. The highest BCUT2D eigenvalue weighted by molar-refractivity contribution is 5.94. The van der Waals surface area contributed by atoms with Crippen molar-refractivity contribution in [1.29, 1.82) is 0 Å². The maximum Gasteiger partial charge on any atom is 0.255 e. The lowest BCUT2D eigenvalue weighted by Gasteiger charge is -2.33. The van der Waals surface area contributed by atoms with E-state index in [1.165, 1.54) is 0 Å². The van der Waals surface area contributed by atoms with Crippen molar-refractivity contribution in [3.05, 3.63) is 36.3 Å². The SMILES string of the molecule is CC1CCN(C(=O)c2ccc(N3CCC(n4ccnn4)CC3)nc2)CC1. The van der Waals surface area contributed by atoms with Gasteiger partial charge in [-0.05, 0) is 43.7 Å². The molecule has 138 valence electrons. The van der Waals surface area contributed by atoms with Gasteiger partial charge in [-0.2, -0.15) is 0 Å². The third-order valence-electron chi connectivity index (χ3n) is 5.67. The average molecular weight is 354 g/mol. The van der Waals surface area contributed by atoms with Crippen molar-refractivity contribution in [2.75, 3.05) is 31.1 Å². The van der Waals surface area contributed by atoms with Gasteiger partial charge in [-0.15, -0.1) is 5.10 Å². The Morgan fingerprint density at radius 3 is 2.46 bits per heavy atom. The number of nitrogens with zero attached hydrogens (tertiary/aromatic N) is 6. The Hall–Kier alpha value is -2.44. The highest BCUT2D eigenvalue weighted by Crippen LogP contribution is 2.25. The van der Waals surface area contributed by atoms with Crippen molar-refractivity contribution in [2.24, 2.45) is 5.92 Å². The molecule has 0 atom stereocenters. The fraction of sp³-hybridized carbons (Fsp3) is 0.579. The first-order valence-electron chi connectivity index (χ1n) is 9.57. The summed E-state index contributed by atoms with van der Waals surface area (Å²) in [5, 5.41) is 8.00. The molecule has 7 heteroatoms. The van der Waals surface area contributed by atoms with Crippen molar-refractivity contribution in [3.8, 4) is 0 Å². The van der Waals surface area contributed by atoms with Crippen molar-refractivity contribution >= 4 is 11.7 Å². The normalized spacial score (nSPS) is 19.7. The number of carbonyl (C=O) groups is 1. The summed E-state index contributed by atoms with van der Waals surface area (Å²) in [4.78, 5) is 21.4. The van der Waals surface area contributed by atoms with Crippen LogP contribution in [-0.2, 0) is 0 Å². The van der Waals surface area contributed by atoms with Crippen LogP contribution >= 0.6 is 0 Å². The molecule has 2 aliphatic rings. The van der Waals surface area contributed by atoms with Gasteiger partial charge in [-0.25, -0.2) is 9.67 Å². The van der Waals surface area contributed by atoms with E-state index < -0.39 is 0 Å². The summed E-state index contributed by atoms with van der Waals surface area (Å²) >= 11 is 0. The van der Waals surface area contributed by atoms with Crippen LogP contribution in [0.5, 0.6) is 0 Å². The van der Waals surface area contributed by atoms with Crippen LogP contribution in [0.2, 0.25) is 0 Å². The summed E-state index contributed by atoms with van der Waals surface area (Å²) in [6.45, 7) is 5.85. The van der Waals surface area contributed by atoms with Crippen LogP contribution in [0.15, 0.2) is 30.7 Å². The van der Waals surface area contributed by atoms with Crippen LogP contribution < -0.4 is 4.90 Å². The minimum absolute atomic E-state index is 0.112. The number of likely N-dealkylation sites (tertiary alicyclic amines) is 1. The number of anilines is 1. The fourth-order valence-electron chi connectivity index (χ4n) is 3.87. The summed E-state index contributed by atoms with van der Waals surface area (Å²) in [6.07, 6.45) is 9.64. The molecular weight excluding hydrogens is 328 g/mol. The smallest absolute Gasteiger partial charge is 0.255 e. The zero-order chi connectivity index (χ0) is 17.9. The average Bonchev–Trinajstić information content (AvgIpc) is 3.23. The molecule has 1 amide bonds. The number of rotatable bonds is 3. The Morgan fingerprint density at radius 1 is 1.08 bits per heavy atom. The molecule has 0 bridgehead atoms.